The third-order valence-electron chi connectivity index (χ3n) is 5.15. The molecule has 142 valence electrons. The van der Waals surface area contributed by atoms with Gasteiger partial charge in [0.05, 0.1) is 36.1 Å². The standard InChI is InChI=1S/C18H22N6O3/c1-23-14-7-12(16(27-3)8-15(14)24(2)18(23)26)20-17(25)19-9-13-10-5-4-6-11(10)21-22-13/h7-8H,4-6,9H2,1-3H3,(H,21,22)(H2,19,20,25). The van der Waals surface area contributed by atoms with Crippen molar-refractivity contribution in [2.24, 2.45) is 14.1 Å². The molecule has 0 saturated carbocycles. The molecule has 3 aromatic rings. The van der Waals surface area contributed by atoms with E-state index >= 15 is 0 Å². The lowest BCUT2D eigenvalue weighted by Crippen LogP contribution is -2.28. The molecule has 4 rings (SSSR count). The highest BCUT2D eigenvalue weighted by Crippen LogP contribution is 2.29. The number of amides is 2. The number of H-pyrrole nitrogens is 1. The van der Waals surface area contributed by atoms with E-state index in [0.717, 1.165) is 30.5 Å². The smallest absolute Gasteiger partial charge is 0.328 e. The zero-order valence-electron chi connectivity index (χ0n) is 15.5. The number of urea groups is 1. The maximum atomic E-state index is 12.4. The number of hydrogen-bond donors (Lipinski definition) is 3. The van der Waals surface area contributed by atoms with Crippen molar-refractivity contribution in [3.63, 3.8) is 0 Å². The van der Waals surface area contributed by atoms with Crippen LogP contribution in [0.1, 0.15) is 23.4 Å². The molecule has 9 nitrogen and oxygen atoms in total. The van der Waals surface area contributed by atoms with E-state index in [1.807, 2.05) is 0 Å². The minimum Gasteiger partial charge on any atom is -0.494 e. The lowest BCUT2D eigenvalue weighted by molar-refractivity contribution is 0.251. The highest BCUT2D eigenvalue weighted by atomic mass is 16.5. The maximum Gasteiger partial charge on any atom is 0.328 e. The Morgan fingerprint density at radius 2 is 2.00 bits per heavy atom. The Hall–Kier alpha value is -3.23. The number of aryl methyl sites for hydroxylation is 3. The average Bonchev–Trinajstić information content (AvgIpc) is 3.32. The van der Waals surface area contributed by atoms with Crippen LogP contribution in [0.4, 0.5) is 10.5 Å². The normalized spacial score (nSPS) is 13.0. The molecule has 1 aliphatic rings. The van der Waals surface area contributed by atoms with Crippen molar-refractivity contribution in [1.29, 1.82) is 0 Å². The molecule has 0 saturated heterocycles. The molecule has 9 heteroatoms. The number of rotatable bonds is 4. The van der Waals surface area contributed by atoms with Crippen LogP contribution in [-0.4, -0.2) is 32.5 Å². The second kappa shape index (κ2) is 6.49. The van der Waals surface area contributed by atoms with Crippen molar-refractivity contribution in [2.45, 2.75) is 25.8 Å². The Balaban J connectivity index is 1.54. The largest absolute Gasteiger partial charge is 0.494 e. The second-order valence-electron chi connectivity index (χ2n) is 6.73. The minimum absolute atomic E-state index is 0.138. The Morgan fingerprint density at radius 3 is 2.74 bits per heavy atom. The molecule has 0 radical (unpaired) electrons. The van der Waals surface area contributed by atoms with E-state index in [0.29, 0.717) is 23.5 Å². The van der Waals surface area contributed by atoms with Crippen molar-refractivity contribution in [3.8, 4) is 5.75 Å². The number of aromatic amines is 1. The lowest BCUT2D eigenvalue weighted by atomic mass is 10.2. The predicted octanol–water partition coefficient (Wildman–Crippen LogP) is 1.42. The van der Waals surface area contributed by atoms with Gasteiger partial charge in [0, 0.05) is 25.9 Å². The van der Waals surface area contributed by atoms with Crippen LogP contribution in [0.25, 0.3) is 11.0 Å². The summed E-state index contributed by atoms with van der Waals surface area (Å²) in [6, 6.07) is 3.12. The van der Waals surface area contributed by atoms with Gasteiger partial charge in [-0.05, 0) is 30.9 Å². The topological polar surface area (TPSA) is 106 Å². The van der Waals surface area contributed by atoms with Crippen LogP contribution in [0.5, 0.6) is 5.75 Å². The summed E-state index contributed by atoms with van der Waals surface area (Å²) in [5.41, 5.74) is 5.07. The number of aromatic nitrogens is 4. The molecule has 0 bridgehead atoms. The summed E-state index contributed by atoms with van der Waals surface area (Å²) >= 11 is 0. The molecule has 0 atom stereocenters. The highest BCUT2D eigenvalue weighted by Gasteiger charge is 2.19. The SMILES string of the molecule is COc1cc2c(cc1NC(=O)NCc1n[nH]c3c1CCC3)n(C)c(=O)n2C. The number of methoxy groups -OCH3 is 1. The molecule has 1 aliphatic carbocycles. The summed E-state index contributed by atoms with van der Waals surface area (Å²) in [6.45, 7) is 0.353. The van der Waals surface area contributed by atoms with E-state index < -0.39 is 0 Å². The quantitative estimate of drug-likeness (QED) is 0.646. The first kappa shape index (κ1) is 17.2. The van der Waals surface area contributed by atoms with Crippen LogP contribution in [0.15, 0.2) is 16.9 Å². The highest BCUT2D eigenvalue weighted by molar-refractivity contribution is 5.94. The van der Waals surface area contributed by atoms with Gasteiger partial charge < -0.3 is 15.4 Å². The number of nitrogens with one attached hydrogen (secondary N) is 3. The zero-order valence-corrected chi connectivity index (χ0v) is 15.5. The van der Waals surface area contributed by atoms with Crippen LogP contribution in [0, 0.1) is 0 Å². The number of anilines is 1. The summed E-state index contributed by atoms with van der Waals surface area (Å²) in [6.07, 6.45) is 3.13. The Morgan fingerprint density at radius 1 is 1.26 bits per heavy atom. The van der Waals surface area contributed by atoms with Gasteiger partial charge in [-0.3, -0.25) is 14.2 Å². The van der Waals surface area contributed by atoms with Crippen molar-refractivity contribution >= 4 is 22.8 Å². The molecule has 1 aromatic carbocycles. The third kappa shape index (κ3) is 2.84. The van der Waals surface area contributed by atoms with Crippen molar-refractivity contribution in [2.75, 3.05) is 12.4 Å². The first-order chi connectivity index (χ1) is 13.0. The van der Waals surface area contributed by atoms with E-state index in [1.54, 1.807) is 30.8 Å². The molecule has 0 unspecified atom stereocenters. The molecular formula is C18H22N6O3. The molecule has 2 amide bonds. The monoisotopic (exact) mass is 370 g/mol. The summed E-state index contributed by atoms with van der Waals surface area (Å²) in [5, 5.41) is 13.0. The van der Waals surface area contributed by atoms with Crippen LogP contribution >= 0.6 is 0 Å². The van der Waals surface area contributed by atoms with E-state index in [-0.39, 0.29) is 11.7 Å². The van der Waals surface area contributed by atoms with Crippen LogP contribution in [-0.2, 0) is 33.5 Å². The molecule has 27 heavy (non-hydrogen) atoms. The number of benzene rings is 1. The maximum absolute atomic E-state index is 12.4. The first-order valence-electron chi connectivity index (χ1n) is 8.83. The molecule has 3 N–H and O–H groups in total. The number of fused-ring (bicyclic) bond motifs is 2. The van der Waals surface area contributed by atoms with Crippen LogP contribution in [0.3, 0.4) is 0 Å². The number of carbonyl (C=O) groups is 1. The van der Waals surface area contributed by atoms with Gasteiger partial charge in [-0.1, -0.05) is 0 Å². The van der Waals surface area contributed by atoms with E-state index in [2.05, 4.69) is 20.8 Å². The minimum atomic E-state index is -0.358. The fourth-order valence-corrected chi connectivity index (χ4v) is 3.66. The van der Waals surface area contributed by atoms with Gasteiger partial charge in [0.25, 0.3) is 0 Å². The predicted molar refractivity (Wildman–Crippen MR) is 101 cm³/mol. The van der Waals surface area contributed by atoms with Gasteiger partial charge in [0.1, 0.15) is 5.75 Å². The molecule has 0 aliphatic heterocycles. The summed E-state index contributed by atoms with van der Waals surface area (Å²) in [4.78, 5) is 24.5. The fraction of sp³-hybridized carbons (Fsp3) is 0.389. The first-order valence-corrected chi connectivity index (χ1v) is 8.83. The molecule has 2 heterocycles. The molecular weight excluding hydrogens is 348 g/mol. The van der Waals surface area contributed by atoms with E-state index in [4.69, 9.17) is 4.74 Å². The molecule has 0 spiro atoms. The van der Waals surface area contributed by atoms with E-state index in [9.17, 15) is 9.59 Å². The van der Waals surface area contributed by atoms with Gasteiger partial charge in [-0.25, -0.2) is 9.59 Å². The zero-order chi connectivity index (χ0) is 19.1. The summed E-state index contributed by atoms with van der Waals surface area (Å²) in [5.74, 6) is 0.486. The third-order valence-corrected chi connectivity index (χ3v) is 5.15. The number of imidazole rings is 1. The van der Waals surface area contributed by atoms with Crippen molar-refractivity contribution in [3.05, 3.63) is 39.6 Å². The Kier molecular flexibility index (Phi) is 4.14. The summed E-state index contributed by atoms with van der Waals surface area (Å²) < 4.78 is 8.46. The van der Waals surface area contributed by atoms with Gasteiger partial charge in [0.2, 0.25) is 0 Å². The molecule has 2 aromatic heterocycles. The summed E-state index contributed by atoms with van der Waals surface area (Å²) in [7, 11) is 4.92. The average molecular weight is 370 g/mol. The van der Waals surface area contributed by atoms with Gasteiger partial charge >= 0.3 is 11.7 Å². The number of ether oxygens (including phenoxy) is 1. The number of nitrogens with zero attached hydrogens (tertiary/aromatic N) is 3. The van der Waals surface area contributed by atoms with Crippen molar-refractivity contribution < 1.29 is 9.53 Å². The van der Waals surface area contributed by atoms with Crippen LogP contribution < -0.4 is 21.1 Å². The van der Waals surface area contributed by atoms with Crippen molar-refractivity contribution in [1.82, 2.24) is 24.6 Å². The lowest BCUT2D eigenvalue weighted by Gasteiger charge is -2.12. The Labute approximate surface area is 155 Å². The number of hydrogen-bond acceptors (Lipinski definition) is 4. The van der Waals surface area contributed by atoms with Gasteiger partial charge in [0.15, 0.2) is 0 Å². The molecule has 0 fully saturated rings. The van der Waals surface area contributed by atoms with Gasteiger partial charge in [-0.2, -0.15) is 5.10 Å². The fourth-order valence-electron chi connectivity index (χ4n) is 3.66. The van der Waals surface area contributed by atoms with Crippen LogP contribution in [0.2, 0.25) is 0 Å². The Bertz CT molecular complexity index is 1090. The second-order valence-corrected chi connectivity index (χ2v) is 6.73. The van der Waals surface area contributed by atoms with Gasteiger partial charge in [-0.15, -0.1) is 0 Å². The number of carbonyl (C=O) groups excluding carboxylic acids is 1. The van der Waals surface area contributed by atoms with E-state index in [1.165, 1.54) is 22.9 Å².